The third-order valence-electron chi connectivity index (χ3n) is 6.35. The molecular weight excluding hydrogens is 392 g/mol. The van der Waals surface area contributed by atoms with Crippen molar-refractivity contribution in [3.63, 3.8) is 0 Å². The molecule has 1 aliphatic heterocycles. The van der Waals surface area contributed by atoms with Crippen molar-refractivity contribution in [3.05, 3.63) is 41.8 Å². The van der Waals surface area contributed by atoms with E-state index in [0.29, 0.717) is 17.3 Å². The predicted molar refractivity (Wildman–Crippen MR) is 104 cm³/mol. The Morgan fingerprint density at radius 2 is 1.80 bits per heavy atom. The Kier molecular flexibility index (Phi) is 4.60. The summed E-state index contributed by atoms with van der Waals surface area (Å²) < 4.78 is 34.1. The molecule has 5 rings (SSSR count). The van der Waals surface area contributed by atoms with Crippen molar-refractivity contribution >= 4 is 11.9 Å². The Hall–Kier alpha value is -2.77. The Labute approximate surface area is 172 Å². The molecule has 2 aliphatic carbocycles. The van der Waals surface area contributed by atoms with Crippen LogP contribution >= 0.6 is 0 Å². The van der Waals surface area contributed by atoms with Gasteiger partial charge in [0.15, 0.2) is 0 Å². The van der Waals surface area contributed by atoms with Gasteiger partial charge in [-0.2, -0.15) is 0 Å². The summed E-state index contributed by atoms with van der Waals surface area (Å²) >= 11 is 0. The van der Waals surface area contributed by atoms with Gasteiger partial charge < -0.3 is 9.32 Å². The number of nitrogens with zero attached hydrogens (tertiary/aromatic N) is 3. The van der Waals surface area contributed by atoms with E-state index in [1.807, 2.05) is 30.3 Å². The number of benzene rings is 1. The Morgan fingerprint density at radius 1 is 1.10 bits per heavy atom. The predicted octanol–water partition coefficient (Wildman–Crippen LogP) is 4.03. The first-order chi connectivity index (χ1) is 14.4. The summed E-state index contributed by atoms with van der Waals surface area (Å²) in [6.45, 7) is 1.86. The second-order valence-corrected chi connectivity index (χ2v) is 8.42. The first-order valence-corrected chi connectivity index (χ1v) is 10.4. The first kappa shape index (κ1) is 19.2. The van der Waals surface area contributed by atoms with Crippen LogP contribution in [0, 0.1) is 12.8 Å². The Morgan fingerprint density at radius 3 is 2.50 bits per heavy atom. The maximum atomic E-state index is 14.2. The molecule has 4 atom stereocenters. The fraction of sp³-hybridized carbons (Fsp3) is 0.500. The highest BCUT2D eigenvalue weighted by atomic mass is 19.2. The molecule has 4 unspecified atom stereocenters. The van der Waals surface area contributed by atoms with Gasteiger partial charge in [-0.05, 0) is 38.3 Å². The number of fused-ring (bicyclic) bond motifs is 1. The SMILES string of the molecule is Cc1oc(-c2ccccc2)nc1CN1C(=O)N(C2CC2)C(=O)C2CC(F)C(F)CC21. The minimum Gasteiger partial charge on any atom is -0.441 e. The van der Waals surface area contributed by atoms with Crippen LogP contribution in [0.4, 0.5) is 13.6 Å². The highest BCUT2D eigenvalue weighted by Crippen LogP contribution is 2.41. The van der Waals surface area contributed by atoms with Gasteiger partial charge in [-0.3, -0.25) is 9.69 Å². The van der Waals surface area contributed by atoms with Crippen LogP contribution < -0.4 is 0 Å². The molecule has 0 bridgehead atoms. The molecule has 30 heavy (non-hydrogen) atoms. The Balaban J connectivity index is 1.46. The molecular formula is C22H23F2N3O3. The van der Waals surface area contributed by atoms with E-state index >= 15 is 0 Å². The molecule has 3 amide bonds. The van der Waals surface area contributed by atoms with Crippen molar-refractivity contribution in [2.75, 3.05) is 0 Å². The van der Waals surface area contributed by atoms with Gasteiger partial charge in [0.1, 0.15) is 23.8 Å². The highest BCUT2D eigenvalue weighted by molar-refractivity contribution is 5.99. The monoisotopic (exact) mass is 415 g/mol. The van der Waals surface area contributed by atoms with Crippen molar-refractivity contribution in [3.8, 4) is 11.5 Å². The van der Waals surface area contributed by atoms with Crippen LogP contribution in [-0.2, 0) is 11.3 Å². The second-order valence-electron chi connectivity index (χ2n) is 8.42. The zero-order valence-electron chi connectivity index (χ0n) is 16.6. The quantitative estimate of drug-likeness (QED) is 0.756. The number of aromatic nitrogens is 1. The number of halogens is 2. The van der Waals surface area contributed by atoms with Crippen molar-refractivity contribution in [1.82, 2.24) is 14.8 Å². The molecule has 3 aliphatic rings. The summed E-state index contributed by atoms with van der Waals surface area (Å²) in [5, 5.41) is 0. The number of alkyl halides is 2. The average molecular weight is 415 g/mol. The fourth-order valence-corrected chi connectivity index (χ4v) is 4.55. The van der Waals surface area contributed by atoms with Crippen LogP contribution in [0.3, 0.4) is 0 Å². The molecule has 0 spiro atoms. The molecule has 3 fully saturated rings. The van der Waals surface area contributed by atoms with E-state index < -0.39 is 30.3 Å². The van der Waals surface area contributed by atoms with Gasteiger partial charge in [0.2, 0.25) is 11.8 Å². The van der Waals surface area contributed by atoms with E-state index in [1.54, 1.807) is 6.92 Å². The minimum atomic E-state index is -1.68. The molecule has 0 N–H and O–H groups in total. The number of rotatable bonds is 4. The van der Waals surface area contributed by atoms with Crippen molar-refractivity contribution < 1.29 is 22.8 Å². The molecule has 158 valence electrons. The normalized spacial score (nSPS) is 29.3. The Bertz CT molecular complexity index is 975. The molecule has 2 saturated carbocycles. The van der Waals surface area contributed by atoms with Gasteiger partial charge >= 0.3 is 6.03 Å². The lowest BCUT2D eigenvalue weighted by Crippen LogP contribution is -2.64. The molecule has 2 heterocycles. The van der Waals surface area contributed by atoms with Crippen LogP contribution in [0.5, 0.6) is 0 Å². The van der Waals surface area contributed by atoms with Crippen LogP contribution in [0.15, 0.2) is 34.7 Å². The molecule has 8 heteroatoms. The second kappa shape index (κ2) is 7.18. The van der Waals surface area contributed by atoms with Gasteiger partial charge in [0.25, 0.3) is 0 Å². The summed E-state index contributed by atoms with van der Waals surface area (Å²) in [4.78, 5) is 33.4. The standard InChI is InChI=1S/C22H23F2N3O3/c1-12-18(25-20(30-12)13-5-3-2-4-6-13)11-26-19-10-17(24)16(23)9-15(19)21(28)27(22(26)29)14-7-8-14/h2-6,14-17,19H,7-11H2,1H3. The molecule has 1 aromatic heterocycles. The van der Waals surface area contributed by atoms with E-state index in [4.69, 9.17) is 4.42 Å². The van der Waals surface area contributed by atoms with E-state index in [1.165, 1.54) is 9.80 Å². The van der Waals surface area contributed by atoms with Gasteiger partial charge in [-0.25, -0.2) is 18.6 Å². The van der Waals surface area contributed by atoms with Gasteiger partial charge in [0.05, 0.1) is 12.5 Å². The van der Waals surface area contributed by atoms with Crippen LogP contribution in [0.2, 0.25) is 0 Å². The maximum Gasteiger partial charge on any atom is 0.327 e. The molecule has 1 aromatic carbocycles. The van der Waals surface area contributed by atoms with E-state index in [0.717, 1.165) is 18.4 Å². The van der Waals surface area contributed by atoms with Crippen molar-refractivity contribution in [2.45, 2.75) is 63.6 Å². The smallest absolute Gasteiger partial charge is 0.327 e. The number of hydrogen-bond donors (Lipinski definition) is 0. The van der Waals surface area contributed by atoms with E-state index in [9.17, 15) is 18.4 Å². The summed E-state index contributed by atoms with van der Waals surface area (Å²) in [6, 6.07) is 8.17. The number of carbonyl (C=O) groups excluding carboxylic acids is 2. The highest BCUT2D eigenvalue weighted by Gasteiger charge is 2.54. The van der Waals surface area contributed by atoms with Crippen molar-refractivity contribution in [2.24, 2.45) is 5.92 Å². The van der Waals surface area contributed by atoms with E-state index in [2.05, 4.69) is 4.98 Å². The van der Waals surface area contributed by atoms with Crippen LogP contribution in [0.1, 0.15) is 37.1 Å². The molecule has 6 nitrogen and oxygen atoms in total. The van der Waals surface area contributed by atoms with Gasteiger partial charge in [-0.15, -0.1) is 0 Å². The van der Waals surface area contributed by atoms with Crippen LogP contribution in [0.25, 0.3) is 11.5 Å². The number of urea groups is 1. The van der Waals surface area contributed by atoms with E-state index in [-0.39, 0.29) is 31.3 Å². The average Bonchev–Trinajstić information content (AvgIpc) is 3.50. The summed E-state index contributed by atoms with van der Waals surface area (Å²) in [7, 11) is 0. The number of aryl methyl sites for hydroxylation is 1. The summed E-state index contributed by atoms with van der Waals surface area (Å²) in [5.74, 6) is -0.0784. The number of carbonyl (C=O) groups is 2. The van der Waals surface area contributed by atoms with Gasteiger partial charge in [-0.1, -0.05) is 18.2 Å². The number of oxazole rings is 1. The largest absolute Gasteiger partial charge is 0.441 e. The number of amides is 3. The topological polar surface area (TPSA) is 66.7 Å². The lowest BCUT2D eigenvalue weighted by Gasteiger charge is -2.48. The molecule has 2 aromatic rings. The summed E-state index contributed by atoms with van der Waals surface area (Å²) in [6.07, 6.45) is -2.21. The van der Waals surface area contributed by atoms with Gasteiger partial charge in [0, 0.05) is 24.1 Å². The third kappa shape index (κ3) is 3.18. The lowest BCUT2D eigenvalue weighted by atomic mass is 9.79. The minimum absolute atomic E-state index is 0.0995. The summed E-state index contributed by atoms with van der Waals surface area (Å²) in [5.41, 5.74) is 1.37. The maximum absolute atomic E-state index is 14.2. The van der Waals surface area contributed by atoms with Crippen molar-refractivity contribution in [1.29, 1.82) is 0 Å². The number of imide groups is 1. The fourth-order valence-electron chi connectivity index (χ4n) is 4.55. The molecule has 0 radical (unpaired) electrons. The zero-order chi connectivity index (χ0) is 21.0. The number of hydrogen-bond acceptors (Lipinski definition) is 4. The van der Waals surface area contributed by atoms with Crippen LogP contribution in [-0.4, -0.2) is 51.1 Å². The zero-order valence-corrected chi connectivity index (χ0v) is 16.6. The lowest BCUT2D eigenvalue weighted by molar-refractivity contribution is -0.144. The third-order valence-corrected chi connectivity index (χ3v) is 6.35. The molecule has 1 saturated heterocycles. The first-order valence-electron chi connectivity index (χ1n) is 10.4.